The highest BCUT2D eigenvalue weighted by Crippen LogP contribution is 2.56. The summed E-state index contributed by atoms with van der Waals surface area (Å²) in [4.78, 5) is 0.0816. The Labute approximate surface area is 248 Å². The zero-order valence-corrected chi connectivity index (χ0v) is 26.0. The van der Waals surface area contributed by atoms with E-state index in [-0.39, 0.29) is 23.9 Å². The number of sulfonamides is 1. The molecule has 0 fully saturated rings. The summed E-state index contributed by atoms with van der Waals surface area (Å²) in [5.41, 5.74) is 3.95. The quantitative estimate of drug-likeness (QED) is 0.117. The maximum atomic E-state index is 14.2. The van der Waals surface area contributed by atoms with E-state index in [9.17, 15) is 13.0 Å². The van der Waals surface area contributed by atoms with Gasteiger partial charge in [0.05, 0.1) is 22.9 Å². The summed E-state index contributed by atoms with van der Waals surface area (Å²) in [6.45, 7) is 5.52. The number of thioether (sulfide) groups is 1. The van der Waals surface area contributed by atoms with Crippen LogP contribution in [-0.4, -0.2) is 33.2 Å². The molecule has 1 atom stereocenters. The number of hydrogen-bond donors (Lipinski definition) is 1. The fourth-order valence-electron chi connectivity index (χ4n) is 4.70. The van der Waals surface area contributed by atoms with Crippen molar-refractivity contribution < 1.29 is 22.0 Å². The van der Waals surface area contributed by atoms with Gasteiger partial charge in [-0.15, -0.1) is 11.8 Å². The molecular weight excluding hydrogens is 573 g/mol. The van der Waals surface area contributed by atoms with Crippen molar-refractivity contribution in [3.05, 3.63) is 138 Å². The van der Waals surface area contributed by atoms with E-state index in [4.69, 9.17) is 9.05 Å². The van der Waals surface area contributed by atoms with Crippen molar-refractivity contribution in [3.8, 4) is 0 Å². The lowest BCUT2D eigenvalue weighted by Gasteiger charge is -2.37. The molecule has 9 heteroatoms. The van der Waals surface area contributed by atoms with Crippen LogP contribution in [0.2, 0.25) is 0 Å². The molecule has 1 unspecified atom stereocenters. The molecule has 0 amide bonds. The predicted octanol–water partition coefficient (Wildman–Crippen LogP) is 7.59. The summed E-state index contributed by atoms with van der Waals surface area (Å²) in [6.07, 6.45) is 0. The molecular formula is C32H36NO5PS2. The summed E-state index contributed by atoms with van der Waals surface area (Å²) < 4.78 is 54.8. The van der Waals surface area contributed by atoms with Crippen LogP contribution in [0.3, 0.4) is 0 Å². The van der Waals surface area contributed by atoms with E-state index < -0.39 is 28.1 Å². The summed E-state index contributed by atoms with van der Waals surface area (Å²) in [6, 6.07) is 36.7. The van der Waals surface area contributed by atoms with Gasteiger partial charge in [-0.3, -0.25) is 4.57 Å². The van der Waals surface area contributed by atoms with Crippen molar-refractivity contribution >= 4 is 29.4 Å². The minimum atomic E-state index is -4.05. The van der Waals surface area contributed by atoms with Crippen LogP contribution in [0.5, 0.6) is 0 Å². The first-order valence-electron chi connectivity index (χ1n) is 13.5. The largest absolute Gasteiger partial charge is 0.349 e. The molecule has 0 aromatic heterocycles. The van der Waals surface area contributed by atoms with Crippen molar-refractivity contribution in [1.29, 1.82) is 0 Å². The van der Waals surface area contributed by atoms with E-state index in [1.54, 1.807) is 26.0 Å². The highest BCUT2D eigenvalue weighted by Gasteiger charge is 2.43. The van der Waals surface area contributed by atoms with Crippen LogP contribution < -0.4 is 4.72 Å². The second-order valence-corrected chi connectivity index (χ2v) is 14.6. The molecule has 41 heavy (non-hydrogen) atoms. The van der Waals surface area contributed by atoms with E-state index in [1.165, 1.54) is 23.9 Å². The van der Waals surface area contributed by atoms with Gasteiger partial charge in [-0.2, -0.15) is 4.72 Å². The van der Waals surface area contributed by atoms with Gasteiger partial charge >= 0.3 is 7.60 Å². The van der Waals surface area contributed by atoms with Gasteiger partial charge in [-0.1, -0.05) is 109 Å². The molecule has 216 valence electrons. The average Bonchev–Trinajstić information content (AvgIpc) is 2.99. The minimum absolute atomic E-state index is 0.0816. The molecule has 4 aromatic rings. The van der Waals surface area contributed by atoms with Gasteiger partial charge in [0.15, 0.2) is 0 Å². The van der Waals surface area contributed by atoms with Crippen LogP contribution >= 0.6 is 19.4 Å². The lowest BCUT2D eigenvalue weighted by atomic mass is 9.84. The van der Waals surface area contributed by atoms with E-state index in [0.29, 0.717) is 0 Å². The maximum Gasteiger partial charge on any atom is 0.349 e. The topological polar surface area (TPSA) is 81.7 Å². The fourth-order valence-corrected chi connectivity index (χ4v) is 10.3. The summed E-state index contributed by atoms with van der Waals surface area (Å²) in [5.74, 6) is -1.06. The molecule has 1 N–H and O–H groups in total. The lowest BCUT2D eigenvalue weighted by molar-refractivity contribution is 0.212. The Bertz CT molecular complexity index is 1430. The molecule has 4 rings (SSSR count). The monoisotopic (exact) mass is 609 g/mol. The average molecular weight is 610 g/mol. The predicted molar refractivity (Wildman–Crippen MR) is 168 cm³/mol. The molecule has 0 bridgehead atoms. The number of hydrogen-bond acceptors (Lipinski definition) is 6. The summed E-state index contributed by atoms with van der Waals surface area (Å²) in [7, 11) is -7.98. The SMILES string of the molecule is CCOP(=O)(OCC)C(CSC(c1ccccc1)(c1ccccc1)c1ccccc1)NS(=O)(=O)c1ccc(C)cc1. The molecule has 0 spiro atoms. The Morgan fingerprint density at radius 3 is 1.54 bits per heavy atom. The first kappa shape index (κ1) is 31.2. The van der Waals surface area contributed by atoms with Gasteiger partial charge in [0.25, 0.3) is 0 Å². The Hall–Kier alpha value is -2.71. The minimum Gasteiger partial charge on any atom is -0.308 e. The standard InChI is InChI=1S/C32H36NO5PS2/c1-4-37-39(34,38-5-2)31(33-41(35,36)30-23-21-26(3)22-24-30)25-40-32(27-15-9-6-10-16-27,28-17-11-7-12-18-28)29-19-13-8-14-20-29/h6-24,31,33H,4-5,25H2,1-3H3. The lowest BCUT2D eigenvalue weighted by Crippen LogP contribution is -2.39. The third-order valence-electron chi connectivity index (χ3n) is 6.62. The summed E-state index contributed by atoms with van der Waals surface area (Å²) >= 11 is 1.49. The zero-order chi connectivity index (χ0) is 29.3. The van der Waals surface area contributed by atoms with E-state index in [1.807, 2.05) is 61.5 Å². The van der Waals surface area contributed by atoms with Crippen molar-refractivity contribution in [2.75, 3.05) is 19.0 Å². The van der Waals surface area contributed by atoms with Crippen LogP contribution in [0.25, 0.3) is 0 Å². The number of benzene rings is 4. The molecule has 0 aliphatic rings. The van der Waals surface area contributed by atoms with Crippen LogP contribution in [0.4, 0.5) is 0 Å². The Kier molecular flexibility index (Phi) is 10.6. The highest BCUT2D eigenvalue weighted by atomic mass is 32.2. The Morgan fingerprint density at radius 1 is 0.732 bits per heavy atom. The van der Waals surface area contributed by atoms with E-state index in [0.717, 1.165) is 22.3 Å². The number of nitrogens with one attached hydrogen (secondary N) is 1. The van der Waals surface area contributed by atoms with Crippen LogP contribution in [-0.2, 0) is 28.4 Å². The first-order valence-corrected chi connectivity index (χ1v) is 17.6. The number of rotatable bonds is 14. The van der Waals surface area contributed by atoms with Gasteiger partial charge in [0, 0.05) is 5.75 Å². The second kappa shape index (κ2) is 14.0. The second-order valence-electron chi connectivity index (χ2n) is 9.42. The number of aryl methyl sites for hydroxylation is 1. The van der Waals surface area contributed by atoms with Crippen molar-refractivity contribution in [1.82, 2.24) is 4.72 Å². The van der Waals surface area contributed by atoms with Crippen LogP contribution in [0.1, 0.15) is 36.1 Å². The molecule has 0 heterocycles. The molecule has 0 saturated carbocycles. The smallest absolute Gasteiger partial charge is 0.308 e. The van der Waals surface area contributed by atoms with Gasteiger partial charge in [-0.25, -0.2) is 8.42 Å². The van der Waals surface area contributed by atoms with Gasteiger partial charge in [0.2, 0.25) is 10.0 Å². The van der Waals surface area contributed by atoms with E-state index >= 15 is 0 Å². The fraction of sp³-hybridized carbons (Fsp3) is 0.250. The normalized spacial score (nSPS) is 13.1. The van der Waals surface area contributed by atoms with Crippen LogP contribution in [0.15, 0.2) is 120 Å². The third-order valence-corrected chi connectivity index (χ3v) is 12.5. The van der Waals surface area contributed by atoms with Crippen molar-refractivity contribution in [2.45, 2.75) is 36.2 Å². The Balaban J connectivity index is 1.84. The van der Waals surface area contributed by atoms with Gasteiger partial charge < -0.3 is 9.05 Å². The first-order chi connectivity index (χ1) is 19.7. The maximum absolute atomic E-state index is 14.2. The summed E-state index contributed by atoms with van der Waals surface area (Å²) in [5, 5.41) is 0. The van der Waals surface area contributed by atoms with E-state index in [2.05, 4.69) is 41.1 Å². The molecule has 0 saturated heterocycles. The third kappa shape index (κ3) is 7.20. The van der Waals surface area contributed by atoms with Gasteiger partial charge in [0.1, 0.15) is 5.78 Å². The molecule has 6 nitrogen and oxygen atoms in total. The van der Waals surface area contributed by atoms with Gasteiger partial charge in [-0.05, 0) is 49.6 Å². The zero-order valence-electron chi connectivity index (χ0n) is 23.5. The van der Waals surface area contributed by atoms with Crippen molar-refractivity contribution in [3.63, 3.8) is 0 Å². The molecule has 4 aromatic carbocycles. The highest BCUT2D eigenvalue weighted by molar-refractivity contribution is 8.01. The molecule has 0 aliphatic heterocycles. The van der Waals surface area contributed by atoms with Crippen molar-refractivity contribution in [2.24, 2.45) is 0 Å². The molecule has 0 aliphatic carbocycles. The van der Waals surface area contributed by atoms with Crippen LogP contribution in [0, 0.1) is 6.92 Å². The Morgan fingerprint density at radius 2 is 1.15 bits per heavy atom. The molecule has 0 radical (unpaired) electrons.